The van der Waals surface area contributed by atoms with Gasteiger partial charge in [0.2, 0.25) is 0 Å². The molecule has 0 aromatic heterocycles. The van der Waals surface area contributed by atoms with Crippen LogP contribution in [0.3, 0.4) is 0 Å². The molecular weight excluding hydrogens is 168 g/mol. The summed E-state index contributed by atoms with van der Waals surface area (Å²) < 4.78 is 0. The number of hydrogen-bond acceptors (Lipinski definition) is 3. The second kappa shape index (κ2) is 3.64. The zero-order chi connectivity index (χ0) is 9.26. The van der Waals surface area contributed by atoms with Crippen molar-refractivity contribution in [2.24, 2.45) is 0 Å². The maximum Gasteiger partial charge on any atom is 0.251 e. The van der Waals surface area contributed by atoms with E-state index >= 15 is 0 Å². The molecule has 0 aromatic rings. The predicted molar refractivity (Wildman–Crippen MR) is 48.2 cm³/mol. The summed E-state index contributed by atoms with van der Waals surface area (Å²) in [4.78, 5) is 13.3. The molecule has 2 heterocycles. The van der Waals surface area contributed by atoms with E-state index in [0.717, 1.165) is 32.5 Å². The lowest BCUT2D eigenvalue weighted by Gasteiger charge is -2.31. The molecule has 0 unspecified atom stereocenters. The summed E-state index contributed by atoms with van der Waals surface area (Å²) in [5, 5.41) is 12.6. The molecule has 2 aliphatic rings. The molecule has 1 amide bonds. The summed E-state index contributed by atoms with van der Waals surface area (Å²) >= 11 is 0. The fourth-order valence-electron chi connectivity index (χ4n) is 2.17. The number of piperidine rings is 1. The van der Waals surface area contributed by atoms with E-state index in [-0.39, 0.29) is 5.91 Å². The summed E-state index contributed by atoms with van der Waals surface area (Å²) in [6.07, 6.45) is 1.94. The molecule has 0 radical (unpaired) electrons. The standard InChI is InChI=1S/C9H16N2O2/c12-8-3-6-11(9(8)13)7-1-4-10-5-2-7/h7-8,10,12H,1-6H2/t8-/m1/s1. The Labute approximate surface area is 77.9 Å². The van der Waals surface area contributed by atoms with E-state index in [0.29, 0.717) is 12.5 Å². The Morgan fingerprint density at radius 3 is 2.54 bits per heavy atom. The minimum absolute atomic E-state index is 0.0631. The molecule has 2 aliphatic heterocycles. The summed E-state index contributed by atoms with van der Waals surface area (Å²) in [5.41, 5.74) is 0. The van der Waals surface area contributed by atoms with Gasteiger partial charge < -0.3 is 15.3 Å². The van der Waals surface area contributed by atoms with Gasteiger partial charge in [-0.15, -0.1) is 0 Å². The van der Waals surface area contributed by atoms with Crippen molar-refractivity contribution in [1.82, 2.24) is 10.2 Å². The number of likely N-dealkylation sites (tertiary alicyclic amines) is 1. The first-order valence-electron chi connectivity index (χ1n) is 4.98. The summed E-state index contributed by atoms with van der Waals surface area (Å²) in [6.45, 7) is 2.72. The third-order valence-corrected chi connectivity index (χ3v) is 2.96. The molecule has 13 heavy (non-hydrogen) atoms. The van der Waals surface area contributed by atoms with Crippen LogP contribution in [0.25, 0.3) is 0 Å². The van der Waals surface area contributed by atoms with Gasteiger partial charge in [0.25, 0.3) is 5.91 Å². The molecule has 0 bridgehead atoms. The minimum atomic E-state index is -0.727. The predicted octanol–water partition coefficient (Wildman–Crippen LogP) is -0.668. The van der Waals surface area contributed by atoms with Crippen molar-refractivity contribution in [3.63, 3.8) is 0 Å². The van der Waals surface area contributed by atoms with E-state index in [1.807, 2.05) is 4.90 Å². The molecule has 4 heteroatoms. The van der Waals surface area contributed by atoms with Crippen molar-refractivity contribution >= 4 is 5.91 Å². The Morgan fingerprint density at radius 2 is 2.00 bits per heavy atom. The number of hydrogen-bond donors (Lipinski definition) is 2. The number of nitrogens with zero attached hydrogens (tertiary/aromatic N) is 1. The quantitative estimate of drug-likeness (QED) is 0.568. The van der Waals surface area contributed by atoms with E-state index < -0.39 is 6.10 Å². The Balaban J connectivity index is 1.96. The van der Waals surface area contributed by atoms with Crippen LogP contribution in [0.4, 0.5) is 0 Å². The highest BCUT2D eigenvalue weighted by Crippen LogP contribution is 2.19. The molecule has 4 nitrogen and oxygen atoms in total. The zero-order valence-electron chi connectivity index (χ0n) is 7.70. The van der Waals surface area contributed by atoms with Crippen LogP contribution in [0, 0.1) is 0 Å². The number of rotatable bonds is 1. The van der Waals surface area contributed by atoms with Crippen LogP contribution in [0.1, 0.15) is 19.3 Å². The molecule has 1 atom stereocenters. The average molecular weight is 184 g/mol. The van der Waals surface area contributed by atoms with Gasteiger partial charge >= 0.3 is 0 Å². The summed E-state index contributed by atoms with van der Waals surface area (Å²) in [6, 6.07) is 0.367. The molecule has 2 fully saturated rings. The topological polar surface area (TPSA) is 52.6 Å². The summed E-state index contributed by atoms with van der Waals surface area (Å²) in [7, 11) is 0. The number of carbonyl (C=O) groups excluding carboxylic acids is 1. The molecule has 2 N–H and O–H groups in total. The lowest BCUT2D eigenvalue weighted by atomic mass is 10.1. The van der Waals surface area contributed by atoms with Gasteiger partial charge in [0.1, 0.15) is 6.10 Å². The number of nitrogens with one attached hydrogen (secondary N) is 1. The Kier molecular flexibility index (Phi) is 2.51. The van der Waals surface area contributed by atoms with E-state index in [1.165, 1.54) is 0 Å². The first-order chi connectivity index (χ1) is 6.29. The highest BCUT2D eigenvalue weighted by Gasteiger charge is 2.34. The molecule has 0 aliphatic carbocycles. The van der Waals surface area contributed by atoms with Crippen LogP contribution >= 0.6 is 0 Å². The smallest absolute Gasteiger partial charge is 0.251 e. The second-order valence-electron chi connectivity index (χ2n) is 3.82. The normalized spacial score (nSPS) is 31.3. The minimum Gasteiger partial charge on any atom is -0.383 e. The lowest BCUT2D eigenvalue weighted by molar-refractivity contribution is -0.136. The van der Waals surface area contributed by atoms with Crippen LogP contribution < -0.4 is 5.32 Å². The Hall–Kier alpha value is -0.610. The van der Waals surface area contributed by atoms with Gasteiger partial charge in [-0.25, -0.2) is 0 Å². The monoisotopic (exact) mass is 184 g/mol. The number of amides is 1. The molecule has 2 saturated heterocycles. The summed E-state index contributed by atoms with van der Waals surface area (Å²) in [5.74, 6) is -0.0631. The Morgan fingerprint density at radius 1 is 1.31 bits per heavy atom. The van der Waals surface area contributed by atoms with Gasteiger partial charge in [-0.3, -0.25) is 4.79 Å². The molecular formula is C9H16N2O2. The first-order valence-corrected chi connectivity index (χ1v) is 4.98. The van der Waals surface area contributed by atoms with Crippen molar-refractivity contribution in [2.75, 3.05) is 19.6 Å². The fraction of sp³-hybridized carbons (Fsp3) is 0.889. The van der Waals surface area contributed by atoms with E-state index in [4.69, 9.17) is 0 Å². The van der Waals surface area contributed by atoms with E-state index in [9.17, 15) is 9.90 Å². The second-order valence-corrected chi connectivity index (χ2v) is 3.82. The number of carbonyl (C=O) groups is 1. The molecule has 0 aromatic carbocycles. The molecule has 2 rings (SSSR count). The van der Waals surface area contributed by atoms with Crippen LogP contribution in [-0.2, 0) is 4.79 Å². The maximum atomic E-state index is 11.5. The molecule has 0 saturated carbocycles. The number of aliphatic hydroxyl groups is 1. The van der Waals surface area contributed by atoms with Crippen molar-refractivity contribution in [3.05, 3.63) is 0 Å². The van der Waals surface area contributed by atoms with Crippen molar-refractivity contribution in [2.45, 2.75) is 31.4 Å². The molecule has 74 valence electrons. The fourth-order valence-corrected chi connectivity index (χ4v) is 2.17. The third-order valence-electron chi connectivity index (χ3n) is 2.96. The highest BCUT2D eigenvalue weighted by atomic mass is 16.3. The molecule has 0 spiro atoms. The van der Waals surface area contributed by atoms with Crippen molar-refractivity contribution < 1.29 is 9.90 Å². The van der Waals surface area contributed by atoms with Crippen LogP contribution in [0.2, 0.25) is 0 Å². The van der Waals surface area contributed by atoms with Gasteiger partial charge in [0.15, 0.2) is 0 Å². The zero-order valence-corrected chi connectivity index (χ0v) is 7.70. The largest absolute Gasteiger partial charge is 0.383 e. The average Bonchev–Trinajstić information content (AvgIpc) is 2.49. The van der Waals surface area contributed by atoms with Crippen LogP contribution in [-0.4, -0.2) is 47.7 Å². The van der Waals surface area contributed by atoms with Gasteiger partial charge in [0, 0.05) is 12.6 Å². The lowest BCUT2D eigenvalue weighted by Crippen LogP contribution is -2.44. The van der Waals surface area contributed by atoms with Gasteiger partial charge in [0.05, 0.1) is 0 Å². The van der Waals surface area contributed by atoms with E-state index in [2.05, 4.69) is 5.32 Å². The van der Waals surface area contributed by atoms with Crippen molar-refractivity contribution in [1.29, 1.82) is 0 Å². The SMILES string of the molecule is O=C1[C@H](O)CCN1C1CCNCC1. The van der Waals surface area contributed by atoms with Gasteiger partial charge in [-0.05, 0) is 32.4 Å². The van der Waals surface area contributed by atoms with Gasteiger partial charge in [-0.2, -0.15) is 0 Å². The number of aliphatic hydroxyl groups excluding tert-OH is 1. The van der Waals surface area contributed by atoms with Gasteiger partial charge in [-0.1, -0.05) is 0 Å². The Bertz CT molecular complexity index is 202. The third kappa shape index (κ3) is 1.69. The van der Waals surface area contributed by atoms with Crippen LogP contribution in [0.5, 0.6) is 0 Å². The highest BCUT2D eigenvalue weighted by molar-refractivity contribution is 5.83. The first kappa shape index (κ1) is 8.97. The van der Waals surface area contributed by atoms with E-state index in [1.54, 1.807) is 0 Å². The van der Waals surface area contributed by atoms with Crippen LogP contribution in [0.15, 0.2) is 0 Å². The maximum absolute atomic E-state index is 11.5. The van der Waals surface area contributed by atoms with Crippen molar-refractivity contribution in [3.8, 4) is 0 Å².